The van der Waals surface area contributed by atoms with E-state index in [4.69, 9.17) is 47.7 Å². The summed E-state index contributed by atoms with van der Waals surface area (Å²) < 4.78 is 107. The third-order valence-corrected chi connectivity index (χ3v) is 21.3. The van der Waals surface area contributed by atoms with Crippen LogP contribution in [0.2, 0.25) is 0 Å². The summed E-state index contributed by atoms with van der Waals surface area (Å²) >= 11 is 15.6. The van der Waals surface area contributed by atoms with Gasteiger partial charge in [0.15, 0.2) is 41.2 Å². The van der Waals surface area contributed by atoms with Gasteiger partial charge in [0.2, 0.25) is 0 Å². The molecule has 134 heavy (non-hydrogen) atoms. The minimum Gasteiger partial charge on any atom is -0.619 e. The van der Waals surface area contributed by atoms with Crippen molar-refractivity contribution in [3.8, 4) is 23.0 Å². The maximum absolute atomic E-state index is 13.3. The van der Waals surface area contributed by atoms with E-state index in [2.05, 4.69) is 114 Å². The van der Waals surface area contributed by atoms with Gasteiger partial charge in [-0.2, -0.15) is 46.4 Å². The first-order valence-corrected chi connectivity index (χ1v) is 42.1. The molecule has 0 atom stereocenters. The molecule has 0 fully saturated rings. The summed E-state index contributed by atoms with van der Waals surface area (Å²) in [5.41, 5.74) is 27.4. The van der Waals surface area contributed by atoms with Gasteiger partial charge in [-0.1, -0.05) is 128 Å². The number of aliphatic imine (C=N–C) groups is 1. The number of benzene rings is 8. The van der Waals surface area contributed by atoms with Gasteiger partial charge in [0, 0.05) is 108 Å². The van der Waals surface area contributed by atoms with Gasteiger partial charge in [0.05, 0.1) is 71.2 Å². The van der Waals surface area contributed by atoms with Crippen LogP contribution in [0.25, 0.3) is 76.2 Å². The van der Waals surface area contributed by atoms with E-state index in [-0.39, 0.29) is 136 Å². The van der Waals surface area contributed by atoms with E-state index in [9.17, 15) is 31.5 Å². The molecule has 20 rings (SSSR count). The van der Waals surface area contributed by atoms with E-state index >= 15 is 0 Å². The van der Waals surface area contributed by atoms with Gasteiger partial charge in [-0.25, -0.2) is 0 Å². The number of aromatic nitrogens is 14. The molecule has 0 amide bonds. The molecule has 11 aromatic heterocycles. The van der Waals surface area contributed by atoms with Crippen LogP contribution in [-0.2, 0) is 44.4 Å². The third kappa shape index (κ3) is 29.2. The van der Waals surface area contributed by atoms with Crippen molar-refractivity contribution in [1.82, 2.24) is 64.2 Å². The first-order chi connectivity index (χ1) is 62.3. The van der Waals surface area contributed by atoms with Gasteiger partial charge in [0.1, 0.15) is 51.1 Å². The zero-order valence-electron chi connectivity index (χ0n) is 73.2. The maximum atomic E-state index is 13.3. The van der Waals surface area contributed by atoms with Crippen LogP contribution in [0, 0.1) is 20.1 Å². The fraction of sp³-hybridized carbons (Fsp3) is 0.122. The van der Waals surface area contributed by atoms with Gasteiger partial charge in [0.25, 0.3) is 0 Å². The molecule has 36 heteroatoms. The molecule has 0 spiro atoms. The van der Waals surface area contributed by atoms with Crippen LogP contribution in [0.15, 0.2) is 323 Å². The van der Waals surface area contributed by atoms with Crippen molar-refractivity contribution < 1.29 is 153 Å². The van der Waals surface area contributed by atoms with E-state index in [0.717, 1.165) is 125 Å². The number of nitrogens with two attached hydrogens (primary N) is 3. The summed E-state index contributed by atoms with van der Waals surface area (Å²) in [6, 6.07) is 74.6. The van der Waals surface area contributed by atoms with Crippen molar-refractivity contribution in [3.63, 3.8) is 0 Å². The Bertz CT molecular complexity index is 6890. The number of methoxy groups -OCH3 is 4. The maximum Gasteiger partial charge on any atom is 1.00 e. The Kier molecular flexibility index (Phi) is 41.6. The molecule has 0 saturated heterocycles. The van der Waals surface area contributed by atoms with Crippen LogP contribution in [0.4, 0.5) is 49.5 Å². The van der Waals surface area contributed by atoms with Crippen molar-refractivity contribution in [2.24, 2.45) is 10.7 Å². The Morgan fingerprint density at radius 2 is 0.828 bits per heavy atom. The molecule has 24 nitrogen and oxygen atoms in total. The molecule has 1 aliphatic heterocycles. The van der Waals surface area contributed by atoms with Crippen molar-refractivity contribution in [2.45, 2.75) is 51.8 Å². The molecule has 0 aliphatic carbocycles. The molecule has 19 aromatic rings. The summed E-state index contributed by atoms with van der Waals surface area (Å²) in [6.07, 6.45) is 6.96. The number of fused-ring (bicyclic) bond motifs is 8. The van der Waals surface area contributed by atoms with Crippen LogP contribution < -0.4 is 149 Å². The van der Waals surface area contributed by atoms with Crippen molar-refractivity contribution in [1.29, 1.82) is 0 Å². The van der Waals surface area contributed by atoms with Crippen LogP contribution in [0.1, 0.15) is 52.3 Å². The molecule has 12 heterocycles. The number of amidine groups is 1. The van der Waals surface area contributed by atoms with Crippen molar-refractivity contribution in [2.75, 3.05) is 45.2 Å². The predicted octanol–water partition coefficient (Wildman–Crippen LogP) is 17.5. The topological polar surface area (TPSA) is 310 Å². The summed E-state index contributed by atoms with van der Waals surface area (Å²) in [6.45, 7) is 2.52. The number of pyridine rings is 8. The first-order valence-electron chi connectivity index (χ1n) is 39.2. The van der Waals surface area contributed by atoms with Crippen LogP contribution in [-0.4, -0.2) is 98.5 Å². The first kappa shape index (κ1) is 108. The Morgan fingerprint density at radius 1 is 0.433 bits per heavy atom. The fourth-order valence-electron chi connectivity index (χ4n) is 13.2. The second kappa shape index (κ2) is 51.5. The molecule has 0 radical (unpaired) electrons. The molecule has 8 aromatic carbocycles. The SMILES string of the molecule is Brc1ccc2cnccc2c1.C.COc1ccc(CCl)cc1.COc1ccc(Cn2nc(N)c3ncccc32)cc1.COc1ccc(Cn2nc(N)c3ncccc32)cc1.COc1ccc(Cn2nc(Nc3ccc4c(C(F)(F)F)nccc4c3)c3ncccc32)cc1.FC(F)(F)c1nccc2cc(Br)ccc12.NC1=NCc2cccnc21.[CH3-].[CH3-].[K+].[K+].[O-][n+]1ccc2cc(Br)ccc2c1. The summed E-state index contributed by atoms with van der Waals surface area (Å²) in [5.74, 6) is 5.89. The minimum atomic E-state index is -4.52. The molecule has 1 aliphatic rings. The Hall–Kier alpha value is -11.1. The van der Waals surface area contributed by atoms with Crippen molar-refractivity contribution in [3.05, 3.63) is 383 Å². The third-order valence-electron chi connectivity index (χ3n) is 19.5. The van der Waals surface area contributed by atoms with E-state index in [0.29, 0.717) is 77.3 Å². The monoisotopic (exact) mass is 2080 g/mol. The van der Waals surface area contributed by atoms with Gasteiger partial charge in [-0.05, 0) is 208 Å². The normalized spacial score (nSPS) is 10.9. The van der Waals surface area contributed by atoms with Crippen LogP contribution in [0.3, 0.4) is 0 Å². The molecule has 678 valence electrons. The second-order valence-electron chi connectivity index (χ2n) is 28.1. The average Bonchev–Trinajstić information content (AvgIpc) is 1.26. The molecule has 0 bridgehead atoms. The Balaban J connectivity index is 0.000000194. The van der Waals surface area contributed by atoms with Gasteiger partial charge in [-0.3, -0.25) is 53.9 Å². The van der Waals surface area contributed by atoms with E-state index in [1.165, 1.54) is 29.1 Å². The van der Waals surface area contributed by atoms with Gasteiger partial charge < -0.3 is 61.5 Å². The molecular weight excluding hydrogens is 1990 g/mol. The fourth-order valence-corrected chi connectivity index (χ4v) is 14.5. The number of ether oxygens (including phenoxy) is 4. The van der Waals surface area contributed by atoms with E-state index in [1.807, 2.05) is 202 Å². The zero-order chi connectivity index (χ0) is 91.1. The summed E-state index contributed by atoms with van der Waals surface area (Å²) in [5, 5.41) is 32.9. The van der Waals surface area contributed by atoms with Gasteiger partial charge in [-0.15, -0.1) is 11.6 Å². The molecule has 7 N–H and O–H groups in total. The van der Waals surface area contributed by atoms with Crippen LogP contribution >= 0.6 is 59.4 Å². The number of alkyl halides is 7. The quantitative estimate of drug-likeness (QED) is 0.0208. The number of nitrogens with zero attached hydrogens (tertiary/aromatic N) is 15. The largest absolute Gasteiger partial charge is 1.00 e. The Labute approximate surface area is 885 Å². The zero-order valence-corrected chi connectivity index (χ0v) is 84.9. The van der Waals surface area contributed by atoms with Crippen LogP contribution in [0.5, 0.6) is 23.0 Å². The summed E-state index contributed by atoms with van der Waals surface area (Å²) in [4.78, 5) is 32.0. The number of anilines is 4. The number of hydrogen-bond donors (Lipinski definition) is 4. The van der Waals surface area contributed by atoms with Gasteiger partial charge >= 0.3 is 115 Å². The van der Waals surface area contributed by atoms with Crippen molar-refractivity contribution >= 4 is 165 Å². The number of nitrogens with one attached hydrogen (secondary N) is 1. The minimum absolute atomic E-state index is 0. The molecule has 0 saturated carbocycles. The standard InChI is InChI=1S/C24H18F3N5O.2C14H14N4O.C10H5BrF3N.C9H6BrNO.C9H6BrN.C8H9ClO.C7H7N3.CH4.2CH3.2K/c1-33-18-7-4-15(5-8-18)14-32-20-3-2-11-28-21(20)23(31-32)30-17-6-9-19-16(13-17)10-12-29-22(19)24(25,26)27;2*1-19-11-6-4-10(5-7-11)9-18-12-3-2-8-16-13(12)14(15)17-18;11-7-1-2-8-6(5-7)3-4-15-9(8)10(12,13)14;10-9-2-1-8-6-11(12)4-3-7(8)5-9;10-9-2-1-8-6-11-4-3-7(8)5-9;1-10-8-4-2-7(6-9)3-5-8;8-7-6-5(4-10-7)2-1-3-9-6;;;;;/h2-13H,14H2,1H3,(H,30,31);2*2-8H,9H2,1H3,(H2,15,17);1-5H;1-6H;1-6H;2-5H,6H2,1H3;1-3H,4H2,(H2,8,10);1H4;2*1H3;;/q;;;;;;;;;2*-1;2*+1. The number of rotatable bonds is 13. The molecular formula is C98H89Br3ClF6K2N19O5. The number of hydrogen-bond acceptors (Lipinski definition) is 20. The molecule has 0 unspecified atom stereocenters. The van der Waals surface area contributed by atoms with E-state index < -0.39 is 23.7 Å². The van der Waals surface area contributed by atoms with E-state index in [1.54, 1.807) is 108 Å². The summed E-state index contributed by atoms with van der Waals surface area (Å²) in [7, 11) is 6.58. The number of halogens is 10. The smallest absolute Gasteiger partial charge is 0.619 e. The average molecular weight is 2080 g/mol. The second-order valence-corrected chi connectivity index (χ2v) is 31.1. The Morgan fingerprint density at radius 3 is 1.29 bits per heavy atom. The predicted molar refractivity (Wildman–Crippen MR) is 523 cm³/mol. The number of nitrogen functional groups attached to an aromatic ring is 2.